The molecule has 2 N–H and O–H groups in total. The molecule has 0 saturated carbocycles. The van der Waals surface area contributed by atoms with E-state index in [1.165, 1.54) is 19.2 Å². The molecule has 0 bridgehead atoms. The maximum absolute atomic E-state index is 12.0. The number of ether oxygens (including phenoxy) is 1. The highest BCUT2D eigenvalue weighted by Gasteiger charge is 2.13. The van der Waals surface area contributed by atoms with E-state index in [0.29, 0.717) is 27.9 Å². The predicted molar refractivity (Wildman–Crippen MR) is 83.8 cm³/mol. The van der Waals surface area contributed by atoms with Gasteiger partial charge >= 0.3 is 0 Å². The fourth-order valence-corrected chi connectivity index (χ4v) is 2.42. The standard InChI is InChI=1S/C15H14Cl2N2O2/c1-21-14-12(16)7-11(8-13(14)17)15(20)19-18-9-10-5-3-2-4-6-10/h2-8,18H,9H2,1H3,(H,19,20). The van der Waals surface area contributed by atoms with Gasteiger partial charge in [-0.1, -0.05) is 53.5 Å². The highest BCUT2D eigenvalue weighted by atomic mass is 35.5. The van der Waals surface area contributed by atoms with E-state index in [9.17, 15) is 4.79 Å². The van der Waals surface area contributed by atoms with Gasteiger partial charge in [0.15, 0.2) is 5.75 Å². The van der Waals surface area contributed by atoms with E-state index < -0.39 is 0 Å². The lowest BCUT2D eigenvalue weighted by atomic mass is 10.2. The smallest absolute Gasteiger partial charge is 0.265 e. The Balaban J connectivity index is 1.98. The second-order valence-electron chi connectivity index (χ2n) is 4.27. The third-order valence-corrected chi connectivity index (χ3v) is 3.36. The van der Waals surface area contributed by atoms with Crippen molar-refractivity contribution in [3.8, 4) is 5.75 Å². The van der Waals surface area contributed by atoms with Gasteiger partial charge in [0.1, 0.15) is 0 Å². The number of hydrogen-bond donors (Lipinski definition) is 2. The van der Waals surface area contributed by atoms with Crippen LogP contribution in [-0.2, 0) is 6.54 Å². The molecule has 0 aromatic heterocycles. The summed E-state index contributed by atoms with van der Waals surface area (Å²) in [7, 11) is 1.47. The number of hydrazine groups is 1. The van der Waals surface area contributed by atoms with E-state index in [2.05, 4.69) is 10.9 Å². The summed E-state index contributed by atoms with van der Waals surface area (Å²) in [6, 6.07) is 12.7. The molecule has 0 aliphatic carbocycles. The second-order valence-corrected chi connectivity index (χ2v) is 5.08. The highest BCUT2D eigenvalue weighted by molar-refractivity contribution is 6.37. The number of methoxy groups -OCH3 is 1. The molecular weight excluding hydrogens is 311 g/mol. The molecule has 0 spiro atoms. The summed E-state index contributed by atoms with van der Waals surface area (Å²) in [5.74, 6) is 0.0320. The maximum Gasteiger partial charge on any atom is 0.265 e. The number of halogens is 2. The number of carbonyl (C=O) groups is 1. The number of benzene rings is 2. The van der Waals surface area contributed by atoms with Gasteiger partial charge in [0.25, 0.3) is 5.91 Å². The summed E-state index contributed by atoms with van der Waals surface area (Å²) in [5, 5.41) is 0.580. The molecule has 2 rings (SSSR count). The van der Waals surface area contributed by atoms with Crippen molar-refractivity contribution in [3.63, 3.8) is 0 Å². The van der Waals surface area contributed by atoms with Crippen molar-refractivity contribution in [1.82, 2.24) is 10.9 Å². The van der Waals surface area contributed by atoms with Crippen LogP contribution < -0.4 is 15.6 Å². The van der Waals surface area contributed by atoms with Gasteiger partial charge in [0, 0.05) is 12.1 Å². The number of amides is 1. The highest BCUT2D eigenvalue weighted by Crippen LogP contribution is 2.33. The largest absolute Gasteiger partial charge is 0.494 e. The van der Waals surface area contributed by atoms with Crippen molar-refractivity contribution in [2.24, 2.45) is 0 Å². The van der Waals surface area contributed by atoms with Crippen molar-refractivity contribution >= 4 is 29.1 Å². The van der Waals surface area contributed by atoms with Crippen molar-refractivity contribution in [3.05, 3.63) is 63.6 Å². The van der Waals surface area contributed by atoms with Crippen LogP contribution in [0.15, 0.2) is 42.5 Å². The summed E-state index contributed by atoms with van der Waals surface area (Å²) in [6.07, 6.45) is 0. The van der Waals surface area contributed by atoms with Gasteiger partial charge in [-0.2, -0.15) is 0 Å². The Morgan fingerprint density at radius 2 is 1.76 bits per heavy atom. The Morgan fingerprint density at radius 1 is 1.14 bits per heavy atom. The third kappa shape index (κ3) is 4.11. The molecule has 0 aliphatic heterocycles. The summed E-state index contributed by atoms with van der Waals surface area (Å²) in [6.45, 7) is 0.518. The van der Waals surface area contributed by atoms with Crippen LogP contribution in [0.2, 0.25) is 10.0 Å². The van der Waals surface area contributed by atoms with E-state index in [4.69, 9.17) is 27.9 Å². The lowest BCUT2D eigenvalue weighted by Crippen LogP contribution is -2.36. The number of rotatable bonds is 5. The first-order valence-corrected chi connectivity index (χ1v) is 6.97. The van der Waals surface area contributed by atoms with Crippen LogP contribution in [0, 0.1) is 0 Å². The fraction of sp³-hybridized carbons (Fsp3) is 0.133. The molecular formula is C15H14Cl2N2O2. The number of hydrogen-bond acceptors (Lipinski definition) is 3. The van der Waals surface area contributed by atoms with Crippen molar-refractivity contribution in [1.29, 1.82) is 0 Å². The molecule has 2 aromatic rings. The SMILES string of the molecule is COc1c(Cl)cc(C(=O)NNCc2ccccc2)cc1Cl. The van der Waals surface area contributed by atoms with Gasteiger partial charge in [0.05, 0.1) is 17.2 Å². The van der Waals surface area contributed by atoms with Gasteiger partial charge in [-0.15, -0.1) is 0 Å². The van der Waals surface area contributed by atoms with E-state index in [1.54, 1.807) is 0 Å². The molecule has 0 atom stereocenters. The van der Waals surface area contributed by atoms with Gasteiger partial charge in [0.2, 0.25) is 0 Å². The van der Waals surface area contributed by atoms with Crippen molar-refractivity contribution < 1.29 is 9.53 Å². The first-order chi connectivity index (χ1) is 10.1. The molecule has 0 unspecified atom stereocenters. The first-order valence-electron chi connectivity index (χ1n) is 6.22. The monoisotopic (exact) mass is 324 g/mol. The molecule has 110 valence electrons. The minimum Gasteiger partial charge on any atom is -0.494 e. The lowest BCUT2D eigenvalue weighted by molar-refractivity contribution is 0.0932. The summed E-state index contributed by atoms with van der Waals surface area (Å²) in [4.78, 5) is 12.0. The average molecular weight is 325 g/mol. The third-order valence-electron chi connectivity index (χ3n) is 2.80. The van der Waals surface area contributed by atoms with Crippen LogP contribution in [0.1, 0.15) is 15.9 Å². The predicted octanol–water partition coefficient (Wildman–Crippen LogP) is 3.44. The Hall–Kier alpha value is -1.75. The molecule has 6 heteroatoms. The number of nitrogens with one attached hydrogen (secondary N) is 2. The second kappa shape index (κ2) is 7.31. The maximum atomic E-state index is 12.0. The van der Waals surface area contributed by atoms with E-state index >= 15 is 0 Å². The molecule has 0 fully saturated rings. The molecule has 2 aromatic carbocycles. The Bertz CT molecular complexity index is 610. The normalized spacial score (nSPS) is 10.2. The summed E-state index contributed by atoms with van der Waals surface area (Å²) >= 11 is 12.0. The van der Waals surface area contributed by atoms with E-state index in [-0.39, 0.29) is 5.91 Å². The summed E-state index contributed by atoms with van der Waals surface area (Å²) < 4.78 is 5.04. The van der Waals surface area contributed by atoms with Crippen LogP contribution in [0.5, 0.6) is 5.75 Å². The Kier molecular flexibility index (Phi) is 5.44. The Morgan fingerprint density at radius 3 is 2.33 bits per heavy atom. The Labute approximate surface area is 133 Å². The van der Waals surface area contributed by atoms with Crippen LogP contribution >= 0.6 is 23.2 Å². The van der Waals surface area contributed by atoms with Crippen LogP contribution in [0.3, 0.4) is 0 Å². The van der Waals surface area contributed by atoms with Gasteiger partial charge in [-0.3, -0.25) is 10.2 Å². The van der Waals surface area contributed by atoms with Crippen molar-refractivity contribution in [2.75, 3.05) is 7.11 Å². The van der Waals surface area contributed by atoms with Crippen LogP contribution in [0.25, 0.3) is 0 Å². The minimum absolute atomic E-state index is 0.290. The van der Waals surface area contributed by atoms with Gasteiger partial charge in [-0.05, 0) is 17.7 Å². The zero-order valence-electron chi connectivity index (χ0n) is 11.3. The first kappa shape index (κ1) is 15.6. The lowest BCUT2D eigenvalue weighted by Gasteiger charge is -2.10. The van der Waals surface area contributed by atoms with Gasteiger partial charge in [-0.25, -0.2) is 5.43 Å². The molecule has 1 amide bonds. The quantitative estimate of drug-likeness (QED) is 0.828. The molecule has 21 heavy (non-hydrogen) atoms. The minimum atomic E-state index is -0.322. The van der Waals surface area contributed by atoms with Gasteiger partial charge < -0.3 is 4.74 Å². The molecule has 4 nitrogen and oxygen atoms in total. The molecule has 0 heterocycles. The summed E-state index contributed by atoms with van der Waals surface area (Å²) in [5.41, 5.74) is 6.85. The molecule has 0 radical (unpaired) electrons. The van der Waals surface area contributed by atoms with E-state index in [0.717, 1.165) is 5.56 Å². The van der Waals surface area contributed by atoms with E-state index in [1.807, 2.05) is 30.3 Å². The zero-order valence-corrected chi connectivity index (χ0v) is 12.8. The van der Waals surface area contributed by atoms with Crippen LogP contribution in [0.4, 0.5) is 0 Å². The number of carbonyl (C=O) groups excluding carboxylic acids is 1. The molecule has 0 aliphatic rings. The molecule has 0 saturated heterocycles. The fourth-order valence-electron chi connectivity index (χ4n) is 1.78. The average Bonchev–Trinajstić information content (AvgIpc) is 2.48. The van der Waals surface area contributed by atoms with Crippen LogP contribution in [-0.4, -0.2) is 13.0 Å². The zero-order chi connectivity index (χ0) is 15.2. The topological polar surface area (TPSA) is 50.4 Å². The van der Waals surface area contributed by atoms with Crippen molar-refractivity contribution in [2.45, 2.75) is 6.54 Å².